The van der Waals surface area contributed by atoms with E-state index < -0.39 is 0 Å². The summed E-state index contributed by atoms with van der Waals surface area (Å²) in [4.78, 5) is 6.64. The van der Waals surface area contributed by atoms with Crippen molar-refractivity contribution in [2.75, 3.05) is 19.0 Å². The summed E-state index contributed by atoms with van der Waals surface area (Å²) >= 11 is 0. The molecule has 0 aliphatic rings. The van der Waals surface area contributed by atoms with Crippen LogP contribution in [0.15, 0.2) is 48.7 Å². The molecule has 0 unspecified atom stereocenters. The van der Waals surface area contributed by atoms with Crippen LogP contribution in [0, 0.1) is 13.8 Å². The molecular weight excluding hydrogens is 280 g/mol. The standard InChI is InChI=1S/C21H22N2/c1-15-13-16(2)21-20(14-15)18(11-12-22-21)8-5-17-6-9-19(10-7-17)23(3)4/h5-14H,1-4H3. The van der Waals surface area contributed by atoms with Crippen molar-refractivity contribution in [1.29, 1.82) is 0 Å². The summed E-state index contributed by atoms with van der Waals surface area (Å²) in [5.74, 6) is 0. The van der Waals surface area contributed by atoms with Crippen molar-refractivity contribution in [3.63, 3.8) is 0 Å². The zero-order chi connectivity index (χ0) is 16.4. The maximum absolute atomic E-state index is 4.53. The molecule has 1 heterocycles. The molecule has 0 amide bonds. The Morgan fingerprint density at radius 2 is 1.65 bits per heavy atom. The lowest BCUT2D eigenvalue weighted by molar-refractivity contribution is 1.13. The van der Waals surface area contributed by atoms with E-state index in [1.165, 1.54) is 33.3 Å². The Labute approximate surface area is 138 Å². The van der Waals surface area contributed by atoms with Gasteiger partial charge in [-0.15, -0.1) is 0 Å². The third-order valence-electron chi connectivity index (χ3n) is 4.08. The number of pyridine rings is 1. The van der Waals surface area contributed by atoms with E-state index in [4.69, 9.17) is 0 Å². The van der Waals surface area contributed by atoms with Gasteiger partial charge in [0.15, 0.2) is 0 Å². The molecule has 2 heteroatoms. The highest BCUT2D eigenvalue weighted by Gasteiger charge is 2.03. The number of benzene rings is 2. The van der Waals surface area contributed by atoms with Gasteiger partial charge in [0, 0.05) is 31.4 Å². The summed E-state index contributed by atoms with van der Waals surface area (Å²) in [6, 6.07) is 15.0. The number of anilines is 1. The molecule has 2 nitrogen and oxygen atoms in total. The third kappa shape index (κ3) is 3.26. The lowest BCUT2D eigenvalue weighted by Crippen LogP contribution is -2.07. The molecule has 0 bridgehead atoms. The van der Waals surface area contributed by atoms with Crippen LogP contribution in [0.25, 0.3) is 23.1 Å². The predicted octanol–water partition coefficient (Wildman–Crippen LogP) is 5.09. The maximum Gasteiger partial charge on any atom is 0.0737 e. The van der Waals surface area contributed by atoms with Crippen molar-refractivity contribution in [2.24, 2.45) is 0 Å². The van der Waals surface area contributed by atoms with Crippen LogP contribution in [0.1, 0.15) is 22.3 Å². The third-order valence-corrected chi connectivity index (χ3v) is 4.08. The highest BCUT2D eigenvalue weighted by Crippen LogP contribution is 2.24. The fourth-order valence-electron chi connectivity index (χ4n) is 2.85. The SMILES string of the molecule is Cc1cc(C)c2nccc(C=Cc3ccc(N(C)C)cc3)c2c1. The number of aryl methyl sites for hydroxylation is 2. The number of rotatable bonds is 3. The van der Waals surface area contributed by atoms with E-state index in [0.29, 0.717) is 0 Å². The van der Waals surface area contributed by atoms with Crippen molar-refractivity contribution < 1.29 is 0 Å². The van der Waals surface area contributed by atoms with Gasteiger partial charge in [-0.2, -0.15) is 0 Å². The van der Waals surface area contributed by atoms with Gasteiger partial charge in [-0.1, -0.05) is 35.9 Å². The van der Waals surface area contributed by atoms with E-state index >= 15 is 0 Å². The predicted molar refractivity (Wildman–Crippen MR) is 101 cm³/mol. The molecule has 0 atom stereocenters. The fraction of sp³-hybridized carbons (Fsp3) is 0.190. The molecule has 0 saturated heterocycles. The summed E-state index contributed by atoms with van der Waals surface area (Å²) in [5, 5.41) is 1.21. The zero-order valence-corrected chi connectivity index (χ0v) is 14.2. The minimum absolute atomic E-state index is 1.08. The maximum atomic E-state index is 4.53. The van der Waals surface area contributed by atoms with Crippen LogP contribution in [-0.2, 0) is 0 Å². The monoisotopic (exact) mass is 302 g/mol. The molecule has 0 radical (unpaired) electrons. The van der Waals surface area contributed by atoms with Gasteiger partial charge in [-0.25, -0.2) is 0 Å². The molecule has 1 aromatic heterocycles. The van der Waals surface area contributed by atoms with Gasteiger partial charge in [-0.05, 0) is 54.8 Å². The summed E-state index contributed by atoms with van der Waals surface area (Å²) in [5.41, 5.74) is 7.20. The summed E-state index contributed by atoms with van der Waals surface area (Å²) in [7, 11) is 4.11. The number of aromatic nitrogens is 1. The molecule has 116 valence electrons. The Kier molecular flexibility index (Phi) is 4.16. The first-order chi connectivity index (χ1) is 11.0. The van der Waals surface area contributed by atoms with Crippen LogP contribution < -0.4 is 4.90 Å². The lowest BCUT2D eigenvalue weighted by Gasteiger charge is -2.11. The molecule has 2 aromatic carbocycles. The Morgan fingerprint density at radius 3 is 2.35 bits per heavy atom. The van der Waals surface area contributed by atoms with Crippen LogP contribution in [0.4, 0.5) is 5.69 Å². The fourth-order valence-corrected chi connectivity index (χ4v) is 2.85. The van der Waals surface area contributed by atoms with Gasteiger partial charge in [-0.3, -0.25) is 4.98 Å². The Hall–Kier alpha value is -2.61. The smallest absolute Gasteiger partial charge is 0.0737 e. The highest BCUT2D eigenvalue weighted by molar-refractivity contribution is 5.92. The van der Waals surface area contributed by atoms with Crippen LogP contribution in [0.3, 0.4) is 0 Å². The van der Waals surface area contributed by atoms with Gasteiger partial charge in [0.2, 0.25) is 0 Å². The first kappa shape index (κ1) is 15.3. The first-order valence-electron chi connectivity index (χ1n) is 7.86. The number of nitrogens with zero attached hydrogens (tertiary/aromatic N) is 2. The summed E-state index contributed by atoms with van der Waals surface area (Å²) < 4.78 is 0. The minimum atomic E-state index is 1.08. The second-order valence-corrected chi connectivity index (χ2v) is 6.20. The lowest BCUT2D eigenvalue weighted by atomic mass is 10.0. The molecular formula is C21H22N2. The molecule has 0 N–H and O–H groups in total. The second-order valence-electron chi connectivity index (χ2n) is 6.20. The van der Waals surface area contributed by atoms with Crippen molar-refractivity contribution in [3.8, 4) is 0 Å². The molecule has 3 rings (SSSR count). The number of hydrogen-bond donors (Lipinski definition) is 0. The van der Waals surface area contributed by atoms with Crippen molar-refractivity contribution in [2.45, 2.75) is 13.8 Å². The van der Waals surface area contributed by atoms with E-state index in [0.717, 1.165) is 5.52 Å². The van der Waals surface area contributed by atoms with Gasteiger partial charge in [0.05, 0.1) is 5.52 Å². The van der Waals surface area contributed by atoms with Crippen LogP contribution in [0.2, 0.25) is 0 Å². The van der Waals surface area contributed by atoms with Crippen LogP contribution in [0.5, 0.6) is 0 Å². The zero-order valence-electron chi connectivity index (χ0n) is 14.2. The molecule has 0 fully saturated rings. The second kappa shape index (κ2) is 6.25. The highest BCUT2D eigenvalue weighted by atomic mass is 15.1. The van der Waals surface area contributed by atoms with Crippen LogP contribution >= 0.6 is 0 Å². The minimum Gasteiger partial charge on any atom is -0.378 e. The molecule has 0 saturated carbocycles. The Bertz CT molecular complexity index is 859. The van der Waals surface area contributed by atoms with E-state index in [9.17, 15) is 0 Å². The average Bonchev–Trinajstić information content (AvgIpc) is 2.53. The molecule has 23 heavy (non-hydrogen) atoms. The van der Waals surface area contributed by atoms with Gasteiger partial charge in [0.1, 0.15) is 0 Å². The van der Waals surface area contributed by atoms with Crippen LogP contribution in [-0.4, -0.2) is 19.1 Å². The summed E-state index contributed by atoms with van der Waals surface area (Å²) in [6.45, 7) is 4.25. The Balaban J connectivity index is 1.98. The topological polar surface area (TPSA) is 16.1 Å². The van der Waals surface area contributed by atoms with E-state index in [2.05, 4.69) is 92.4 Å². The normalized spacial score (nSPS) is 11.3. The van der Waals surface area contributed by atoms with E-state index in [1.54, 1.807) is 0 Å². The van der Waals surface area contributed by atoms with Gasteiger partial charge >= 0.3 is 0 Å². The molecule has 0 aliphatic carbocycles. The van der Waals surface area contributed by atoms with E-state index in [-0.39, 0.29) is 0 Å². The molecule has 0 aliphatic heterocycles. The van der Waals surface area contributed by atoms with Gasteiger partial charge < -0.3 is 4.90 Å². The Morgan fingerprint density at radius 1 is 0.913 bits per heavy atom. The average molecular weight is 302 g/mol. The quantitative estimate of drug-likeness (QED) is 0.670. The van der Waals surface area contributed by atoms with Crippen molar-refractivity contribution in [1.82, 2.24) is 4.98 Å². The van der Waals surface area contributed by atoms with Gasteiger partial charge in [0.25, 0.3) is 0 Å². The molecule has 3 aromatic rings. The number of fused-ring (bicyclic) bond motifs is 1. The largest absolute Gasteiger partial charge is 0.378 e. The number of hydrogen-bond acceptors (Lipinski definition) is 2. The van der Waals surface area contributed by atoms with Crippen molar-refractivity contribution >= 4 is 28.7 Å². The first-order valence-corrected chi connectivity index (χ1v) is 7.86. The molecule has 0 spiro atoms. The summed E-state index contributed by atoms with van der Waals surface area (Å²) in [6.07, 6.45) is 6.22. The van der Waals surface area contributed by atoms with E-state index in [1.807, 2.05) is 6.20 Å². The van der Waals surface area contributed by atoms with Crippen molar-refractivity contribution in [3.05, 3.63) is 70.9 Å².